The molecule has 0 saturated heterocycles. The summed E-state index contributed by atoms with van der Waals surface area (Å²) in [4.78, 5) is 8.38. The summed E-state index contributed by atoms with van der Waals surface area (Å²) in [6.45, 7) is 8.46. The Hall–Kier alpha value is -1.32. The molecule has 1 heterocycles. The van der Waals surface area contributed by atoms with Gasteiger partial charge in [0.05, 0.1) is 0 Å². The molecule has 0 aliphatic carbocycles. The van der Waals surface area contributed by atoms with Gasteiger partial charge in [-0.1, -0.05) is 26.7 Å². The van der Waals surface area contributed by atoms with Gasteiger partial charge in [-0.15, -0.1) is 0 Å². The van der Waals surface area contributed by atoms with E-state index in [4.69, 9.17) is 5.73 Å². The van der Waals surface area contributed by atoms with Gasteiger partial charge in [0.2, 0.25) is 0 Å². The Morgan fingerprint density at radius 1 is 1.31 bits per heavy atom. The van der Waals surface area contributed by atoms with E-state index in [-0.39, 0.29) is 0 Å². The Morgan fingerprint density at radius 3 is 2.44 bits per heavy atom. The molecule has 3 N–H and O–H groups in total. The van der Waals surface area contributed by atoms with Gasteiger partial charge < -0.3 is 11.1 Å². The van der Waals surface area contributed by atoms with Crippen LogP contribution in [-0.4, -0.2) is 16.0 Å². The number of aryl methyl sites for hydroxylation is 1. The van der Waals surface area contributed by atoms with Crippen molar-refractivity contribution in [1.82, 2.24) is 9.97 Å². The standard InChI is InChI=1S/C12H22N4/c1-5-10(6-2)8(3)14-12-7-11(13)15-9(4)16-12/h7-8,10H,5-6H2,1-4H3,(H3,13,14,15,16). The van der Waals surface area contributed by atoms with Crippen LogP contribution in [0, 0.1) is 12.8 Å². The third-order valence-electron chi connectivity index (χ3n) is 2.99. The average molecular weight is 222 g/mol. The fourth-order valence-corrected chi connectivity index (χ4v) is 2.01. The molecule has 0 bridgehead atoms. The topological polar surface area (TPSA) is 63.8 Å². The van der Waals surface area contributed by atoms with Crippen molar-refractivity contribution in [1.29, 1.82) is 0 Å². The van der Waals surface area contributed by atoms with Crippen molar-refractivity contribution >= 4 is 11.6 Å². The molecule has 0 amide bonds. The number of hydrogen-bond donors (Lipinski definition) is 2. The van der Waals surface area contributed by atoms with Crippen LogP contribution < -0.4 is 11.1 Å². The van der Waals surface area contributed by atoms with Crippen LogP contribution in [0.5, 0.6) is 0 Å². The predicted octanol–water partition coefficient (Wildman–Crippen LogP) is 2.60. The minimum absolute atomic E-state index is 0.406. The zero-order valence-corrected chi connectivity index (χ0v) is 10.6. The summed E-state index contributed by atoms with van der Waals surface area (Å²) in [7, 11) is 0. The number of nitrogen functional groups attached to an aromatic ring is 1. The van der Waals surface area contributed by atoms with Crippen LogP contribution in [0.25, 0.3) is 0 Å². The lowest BCUT2D eigenvalue weighted by Crippen LogP contribution is -2.25. The Morgan fingerprint density at radius 2 is 1.94 bits per heavy atom. The molecule has 1 atom stereocenters. The molecule has 0 aromatic carbocycles. The zero-order valence-electron chi connectivity index (χ0n) is 10.6. The van der Waals surface area contributed by atoms with Crippen molar-refractivity contribution in [3.63, 3.8) is 0 Å². The fraction of sp³-hybridized carbons (Fsp3) is 0.667. The van der Waals surface area contributed by atoms with Crippen molar-refractivity contribution in [2.45, 2.75) is 46.6 Å². The van der Waals surface area contributed by atoms with Gasteiger partial charge in [-0.3, -0.25) is 0 Å². The highest BCUT2D eigenvalue weighted by Gasteiger charge is 2.13. The van der Waals surface area contributed by atoms with Gasteiger partial charge in [0.15, 0.2) is 0 Å². The van der Waals surface area contributed by atoms with E-state index in [1.807, 2.05) is 6.92 Å². The molecule has 0 aliphatic rings. The highest BCUT2D eigenvalue weighted by molar-refractivity contribution is 5.45. The van der Waals surface area contributed by atoms with Crippen LogP contribution in [0.2, 0.25) is 0 Å². The van der Waals surface area contributed by atoms with Crippen LogP contribution in [0.3, 0.4) is 0 Å². The molecule has 1 aromatic rings. The molecule has 0 spiro atoms. The van der Waals surface area contributed by atoms with Crippen molar-refractivity contribution in [3.8, 4) is 0 Å². The largest absolute Gasteiger partial charge is 0.384 e. The van der Waals surface area contributed by atoms with Crippen molar-refractivity contribution in [2.75, 3.05) is 11.1 Å². The molecule has 16 heavy (non-hydrogen) atoms. The molecule has 0 aliphatic heterocycles. The smallest absolute Gasteiger partial charge is 0.132 e. The third kappa shape index (κ3) is 3.36. The Labute approximate surface area is 97.7 Å². The molecule has 1 unspecified atom stereocenters. The zero-order chi connectivity index (χ0) is 12.1. The molecule has 90 valence electrons. The molecule has 1 rings (SSSR count). The van der Waals surface area contributed by atoms with E-state index in [2.05, 4.69) is 36.1 Å². The Bertz CT molecular complexity index is 314. The van der Waals surface area contributed by atoms with Crippen molar-refractivity contribution < 1.29 is 0 Å². The second-order valence-corrected chi connectivity index (χ2v) is 4.23. The van der Waals surface area contributed by atoms with Gasteiger partial charge in [0.25, 0.3) is 0 Å². The van der Waals surface area contributed by atoms with Gasteiger partial charge in [-0.05, 0) is 19.8 Å². The monoisotopic (exact) mass is 222 g/mol. The molecule has 0 saturated carbocycles. The first kappa shape index (κ1) is 12.7. The second kappa shape index (κ2) is 5.68. The summed E-state index contributed by atoms with van der Waals surface area (Å²) in [5.41, 5.74) is 5.69. The molecule has 0 radical (unpaired) electrons. The summed E-state index contributed by atoms with van der Waals surface area (Å²) in [5, 5.41) is 3.39. The van der Waals surface area contributed by atoms with Crippen molar-refractivity contribution in [3.05, 3.63) is 11.9 Å². The normalized spacial score (nSPS) is 12.8. The number of rotatable bonds is 5. The van der Waals surface area contributed by atoms with Crippen molar-refractivity contribution in [2.24, 2.45) is 5.92 Å². The first-order valence-electron chi connectivity index (χ1n) is 5.94. The predicted molar refractivity (Wildman–Crippen MR) is 68.3 cm³/mol. The number of aromatic nitrogens is 2. The molecule has 4 nitrogen and oxygen atoms in total. The van der Waals surface area contributed by atoms with Gasteiger partial charge in [-0.2, -0.15) is 0 Å². The molecular weight excluding hydrogens is 200 g/mol. The van der Waals surface area contributed by atoms with Gasteiger partial charge in [-0.25, -0.2) is 9.97 Å². The highest BCUT2D eigenvalue weighted by Crippen LogP contribution is 2.17. The second-order valence-electron chi connectivity index (χ2n) is 4.23. The van der Waals surface area contributed by atoms with Crippen LogP contribution in [0.15, 0.2) is 6.07 Å². The minimum atomic E-state index is 0.406. The summed E-state index contributed by atoms with van der Waals surface area (Å²) < 4.78 is 0. The highest BCUT2D eigenvalue weighted by atomic mass is 15.1. The quantitative estimate of drug-likeness (QED) is 0.803. The molecule has 1 aromatic heterocycles. The third-order valence-corrected chi connectivity index (χ3v) is 2.99. The number of hydrogen-bond acceptors (Lipinski definition) is 4. The van der Waals surface area contributed by atoms with E-state index in [1.54, 1.807) is 6.07 Å². The Balaban J connectivity index is 2.72. The van der Waals surface area contributed by atoms with E-state index in [1.165, 1.54) is 12.8 Å². The molecular formula is C12H22N4. The number of nitrogens with two attached hydrogens (primary N) is 1. The maximum Gasteiger partial charge on any atom is 0.132 e. The minimum Gasteiger partial charge on any atom is -0.384 e. The molecule has 0 fully saturated rings. The first-order chi connectivity index (χ1) is 7.56. The summed E-state index contributed by atoms with van der Waals surface area (Å²) in [6, 6.07) is 2.19. The van der Waals surface area contributed by atoms with Crippen LogP contribution in [0.1, 0.15) is 39.4 Å². The van der Waals surface area contributed by atoms with E-state index in [9.17, 15) is 0 Å². The average Bonchev–Trinajstić information content (AvgIpc) is 2.17. The lowest BCUT2D eigenvalue weighted by atomic mass is 9.95. The SMILES string of the molecule is CCC(CC)C(C)Nc1cc(N)nc(C)n1. The fourth-order valence-electron chi connectivity index (χ4n) is 2.01. The van der Waals surface area contributed by atoms with Gasteiger partial charge in [0, 0.05) is 12.1 Å². The van der Waals surface area contributed by atoms with E-state index < -0.39 is 0 Å². The van der Waals surface area contributed by atoms with E-state index in [0.29, 0.717) is 23.6 Å². The molecule has 4 heteroatoms. The summed E-state index contributed by atoms with van der Waals surface area (Å²) >= 11 is 0. The lowest BCUT2D eigenvalue weighted by molar-refractivity contribution is 0.437. The summed E-state index contributed by atoms with van der Waals surface area (Å²) in [6.07, 6.45) is 2.34. The van der Waals surface area contributed by atoms with Gasteiger partial charge in [0.1, 0.15) is 17.5 Å². The number of nitrogens with zero attached hydrogens (tertiary/aromatic N) is 2. The number of nitrogens with one attached hydrogen (secondary N) is 1. The van der Waals surface area contributed by atoms with E-state index in [0.717, 1.165) is 5.82 Å². The van der Waals surface area contributed by atoms with Crippen LogP contribution in [-0.2, 0) is 0 Å². The maximum absolute atomic E-state index is 5.69. The van der Waals surface area contributed by atoms with E-state index >= 15 is 0 Å². The summed E-state index contributed by atoms with van der Waals surface area (Å²) in [5.74, 6) is 2.71. The van der Waals surface area contributed by atoms with Gasteiger partial charge >= 0.3 is 0 Å². The number of anilines is 2. The lowest BCUT2D eigenvalue weighted by Gasteiger charge is -2.23. The maximum atomic E-state index is 5.69. The van der Waals surface area contributed by atoms with Crippen LogP contribution >= 0.6 is 0 Å². The first-order valence-corrected chi connectivity index (χ1v) is 5.94. The van der Waals surface area contributed by atoms with Crippen LogP contribution in [0.4, 0.5) is 11.6 Å². The Kier molecular flexibility index (Phi) is 4.52.